The van der Waals surface area contributed by atoms with Crippen LogP contribution in [0.25, 0.3) is 0 Å². The van der Waals surface area contributed by atoms with Crippen LogP contribution >= 0.6 is 27.7 Å². The molecule has 98 valence electrons. The van der Waals surface area contributed by atoms with Crippen LogP contribution < -0.4 is 5.73 Å². The first-order valence-electron chi connectivity index (χ1n) is 5.88. The Labute approximate surface area is 126 Å². The first-order chi connectivity index (χ1) is 9.06. The van der Waals surface area contributed by atoms with E-state index in [2.05, 4.69) is 47.1 Å². The number of thioether (sulfide) groups is 1. The second kappa shape index (κ2) is 6.26. The van der Waals surface area contributed by atoms with Gasteiger partial charge in [0, 0.05) is 20.7 Å². The van der Waals surface area contributed by atoms with Crippen LogP contribution in [-0.2, 0) is 5.75 Å². The Balaban J connectivity index is 2.19. The number of halogens is 1. The monoisotopic (exact) mass is 334 g/mol. The van der Waals surface area contributed by atoms with Crippen molar-refractivity contribution < 1.29 is 0 Å². The molecule has 3 N–H and O–H groups in total. The van der Waals surface area contributed by atoms with E-state index in [1.807, 2.05) is 18.2 Å². The third-order valence-electron chi connectivity index (χ3n) is 2.71. The van der Waals surface area contributed by atoms with Crippen molar-refractivity contribution in [3.63, 3.8) is 0 Å². The Kier molecular flexibility index (Phi) is 4.66. The Morgan fingerprint density at radius 2 is 2.05 bits per heavy atom. The van der Waals surface area contributed by atoms with Crippen LogP contribution in [0, 0.1) is 12.3 Å². The third-order valence-corrected chi connectivity index (χ3v) is 4.33. The van der Waals surface area contributed by atoms with E-state index in [1.54, 1.807) is 11.8 Å². The summed E-state index contributed by atoms with van der Waals surface area (Å²) in [6, 6.07) is 14.3. The van der Waals surface area contributed by atoms with Gasteiger partial charge >= 0.3 is 0 Å². The predicted octanol–water partition coefficient (Wildman–Crippen LogP) is 4.33. The highest BCUT2D eigenvalue weighted by Crippen LogP contribution is 2.29. The summed E-state index contributed by atoms with van der Waals surface area (Å²) in [5.41, 5.74) is 8.95. The number of rotatable bonds is 4. The van der Waals surface area contributed by atoms with Gasteiger partial charge < -0.3 is 5.73 Å². The predicted molar refractivity (Wildman–Crippen MR) is 85.9 cm³/mol. The second-order valence-electron chi connectivity index (χ2n) is 4.33. The molecular weight excluding hydrogens is 320 g/mol. The number of hydrogen-bond acceptors (Lipinski definition) is 2. The molecule has 0 spiro atoms. The van der Waals surface area contributed by atoms with Gasteiger partial charge in [-0.25, -0.2) is 0 Å². The average molecular weight is 335 g/mol. The smallest absolute Gasteiger partial charge is 0.123 e. The van der Waals surface area contributed by atoms with Gasteiger partial charge in [0.15, 0.2) is 0 Å². The van der Waals surface area contributed by atoms with Crippen molar-refractivity contribution in [1.82, 2.24) is 0 Å². The van der Waals surface area contributed by atoms with E-state index in [-0.39, 0.29) is 5.84 Å². The number of aryl methyl sites for hydroxylation is 1. The molecule has 0 saturated carbocycles. The minimum absolute atomic E-state index is 0.110. The number of benzene rings is 2. The normalized spacial score (nSPS) is 10.4. The van der Waals surface area contributed by atoms with Gasteiger partial charge in [0.25, 0.3) is 0 Å². The zero-order valence-corrected chi connectivity index (χ0v) is 13.0. The van der Waals surface area contributed by atoms with Crippen molar-refractivity contribution in [1.29, 1.82) is 5.41 Å². The molecule has 4 heteroatoms. The summed E-state index contributed by atoms with van der Waals surface area (Å²) in [7, 11) is 0. The van der Waals surface area contributed by atoms with Crippen molar-refractivity contribution in [2.75, 3.05) is 0 Å². The van der Waals surface area contributed by atoms with Gasteiger partial charge in [0.1, 0.15) is 5.84 Å². The lowest BCUT2D eigenvalue weighted by Crippen LogP contribution is -2.12. The number of hydrogen-bond donors (Lipinski definition) is 2. The van der Waals surface area contributed by atoms with E-state index >= 15 is 0 Å². The molecule has 2 aromatic carbocycles. The van der Waals surface area contributed by atoms with Crippen LogP contribution in [-0.4, -0.2) is 5.84 Å². The number of nitrogens with one attached hydrogen (secondary N) is 1. The quantitative estimate of drug-likeness (QED) is 0.496. The third kappa shape index (κ3) is 3.85. The summed E-state index contributed by atoms with van der Waals surface area (Å²) in [6.07, 6.45) is 0. The molecule has 2 rings (SSSR count). The van der Waals surface area contributed by atoms with E-state index in [9.17, 15) is 0 Å². The zero-order valence-electron chi connectivity index (χ0n) is 10.6. The molecule has 2 aromatic rings. The van der Waals surface area contributed by atoms with Gasteiger partial charge in [0.05, 0.1) is 0 Å². The summed E-state index contributed by atoms with van der Waals surface area (Å²) < 4.78 is 1.00. The van der Waals surface area contributed by atoms with E-state index in [4.69, 9.17) is 11.1 Å². The molecule has 0 bridgehead atoms. The molecule has 0 aliphatic heterocycles. The van der Waals surface area contributed by atoms with Crippen molar-refractivity contribution >= 4 is 33.5 Å². The zero-order chi connectivity index (χ0) is 13.8. The Bertz CT molecular complexity index is 611. The molecular formula is C15H15BrN2S. The summed E-state index contributed by atoms with van der Waals surface area (Å²) in [5.74, 6) is 0.984. The van der Waals surface area contributed by atoms with E-state index < -0.39 is 0 Å². The highest BCUT2D eigenvalue weighted by atomic mass is 79.9. The molecule has 2 nitrogen and oxygen atoms in total. The summed E-state index contributed by atoms with van der Waals surface area (Å²) in [4.78, 5) is 1.03. The van der Waals surface area contributed by atoms with Crippen LogP contribution in [0.15, 0.2) is 51.8 Å². The number of nitrogen functional groups attached to an aromatic ring is 1. The Morgan fingerprint density at radius 3 is 2.74 bits per heavy atom. The largest absolute Gasteiger partial charge is 0.384 e. The maximum atomic E-state index is 7.61. The molecule has 19 heavy (non-hydrogen) atoms. The summed E-state index contributed by atoms with van der Waals surface area (Å²) in [5, 5.41) is 7.61. The molecule has 0 heterocycles. The average Bonchev–Trinajstić information content (AvgIpc) is 2.36. The molecule has 0 fully saturated rings. The van der Waals surface area contributed by atoms with Crippen LogP contribution in [0.4, 0.5) is 0 Å². The second-order valence-corrected chi connectivity index (χ2v) is 6.26. The Morgan fingerprint density at radius 1 is 1.26 bits per heavy atom. The molecule has 0 saturated heterocycles. The van der Waals surface area contributed by atoms with Gasteiger partial charge in [-0.2, -0.15) is 0 Å². The molecule has 0 radical (unpaired) electrons. The van der Waals surface area contributed by atoms with E-state index in [0.717, 1.165) is 20.7 Å². The Hall–Kier alpha value is -1.26. The highest BCUT2D eigenvalue weighted by Gasteiger charge is 2.07. The number of nitrogens with two attached hydrogens (primary N) is 1. The first-order valence-corrected chi connectivity index (χ1v) is 7.66. The van der Waals surface area contributed by atoms with E-state index in [0.29, 0.717) is 0 Å². The van der Waals surface area contributed by atoms with Gasteiger partial charge in [-0.3, -0.25) is 5.41 Å². The van der Waals surface area contributed by atoms with Crippen LogP contribution in [0.1, 0.15) is 16.7 Å². The van der Waals surface area contributed by atoms with Crippen LogP contribution in [0.5, 0.6) is 0 Å². The minimum atomic E-state index is 0.110. The van der Waals surface area contributed by atoms with Gasteiger partial charge in [0.2, 0.25) is 0 Å². The SMILES string of the molecule is Cc1cccc(CSc2cc(Br)ccc2C(=N)N)c1. The fourth-order valence-corrected chi connectivity index (χ4v) is 3.36. The molecule has 0 aliphatic rings. The summed E-state index contributed by atoms with van der Waals surface area (Å²) >= 11 is 5.16. The molecule has 0 amide bonds. The molecule has 0 atom stereocenters. The number of amidine groups is 1. The fourth-order valence-electron chi connectivity index (χ4n) is 1.80. The highest BCUT2D eigenvalue weighted by molar-refractivity contribution is 9.10. The minimum Gasteiger partial charge on any atom is -0.384 e. The maximum Gasteiger partial charge on any atom is 0.123 e. The molecule has 0 unspecified atom stereocenters. The van der Waals surface area contributed by atoms with Crippen LogP contribution in [0.2, 0.25) is 0 Å². The van der Waals surface area contributed by atoms with Crippen molar-refractivity contribution in [3.8, 4) is 0 Å². The van der Waals surface area contributed by atoms with Gasteiger partial charge in [-0.15, -0.1) is 11.8 Å². The van der Waals surface area contributed by atoms with Crippen molar-refractivity contribution in [2.45, 2.75) is 17.6 Å². The fraction of sp³-hybridized carbons (Fsp3) is 0.133. The van der Waals surface area contributed by atoms with Crippen LogP contribution in [0.3, 0.4) is 0 Å². The lowest BCUT2D eigenvalue weighted by Gasteiger charge is -2.09. The lowest BCUT2D eigenvalue weighted by atomic mass is 10.2. The first kappa shape index (κ1) is 14.2. The van der Waals surface area contributed by atoms with E-state index in [1.165, 1.54) is 11.1 Å². The van der Waals surface area contributed by atoms with Crippen molar-refractivity contribution in [3.05, 3.63) is 63.6 Å². The van der Waals surface area contributed by atoms with Crippen molar-refractivity contribution in [2.24, 2.45) is 5.73 Å². The summed E-state index contributed by atoms with van der Waals surface area (Å²) in [6.45, 7) is 2.09. The standard InChI is InChI=1S/C15H15BrN2S/c1-10-3-2-4-11(7-10)9-19-14-8-12(16)5-6-13(14)15(17)18/h2-8H,9H2,1H3,(H3,17,18). The lowest BCUT2D eigenvalue weighted by molar-refractivity contribution is 1.31. The maximum absolute atomic E-state index is 7.61. The van der Waals surface area contributed by atoms with Gasteiger partial charge in [-0.05, 0) is 30.7 Å². The molecule has 0 aromatic heterocycles. The molecule has 0 aliphatic carbocycles. The topological polar surface area (TPSA) is 49.9 Å². The van der Waals surface area contributed by atoms with Gasteiger partial charge in [-0.1, -0.05) is 45.8 Å².